The molecular weight excluding hydrogens is 270 g/mol. The summed E-state index contributed by atoms with van der Waals surface area (Å²) < 4.78 is 0. The maximum atomic E-state index is 9.47. The molecule has 5 rings (SSSR count). The Kier molecular flexibility index (Phi) is 3.19. The summed E-state index contributed by atoms with van der Waals surface area (Å²) in [6, 6.07) is 6.23. The number of hydrogen-bond donors (Lipinski definition) is 2. The van der Waals surface area contributed by atoms with Crippen LogP contribution in [-0.4, -0.2) is 11.1 Å². The largest absolute Gasteiger partial charge is 0.506 e. The van der Waals surface area contributed by atoms with Crippen LogP contribution in [0, 0.1) is 23.7 Å². The van der Waals surface area contributed by atoms with Gasteiger partial charge in [-0.15, -0.1) is 0 Å². The van der Waals surface area contributed by atoms with Gasteiger partial charge in [0.25, 0.3) is 0 Å². The average molecular weight is 292 g/mol. The molecule has 4 fully saturated rings. The molecule has 4 aliphatic carbocycles. The van der Waals surface area contributed by atoms with Gasteiger partial charge in [0.05, 0.1) is 5.02 Å². The van der Waals surface area contributed by atoms with Crippen molar-refractivity contribution in [2.45, 2.75) is 44.7 Å². The van der Waals surface area contributed by atoms with Crippen molar-refractivity contribution in [2.75, 3.05) is 0 Å². The predicted molar refractivity (Wildman–Crippen MR) is 80.8 cm³/mol. The molecule has 0 aliphatic heterocycles. The number of phenols is 1. The highest BCUT2D eigenvalue weighted by Gasteiger charge is 2.47. The zero-order valence-corrected chi connectivity index (χ0v) is 12.4. The normalized spacial score (nSPS) is 38.4. The molecule has 2 N–H and O–H groups in total. The monoisotopic (exact) mass is 291 g/mol. The Labute approximate surface area is 125 Å². The molecule has 4 bridgehead atoms. The molecule has 0 saturated heterocycles. The fraction of sp³-hybridized carbons (Fsp3) is 0.647. The molecule has 1 aromatic rings. The minimum atomic E-state index is 0.171. The van der Waals surface area contributed by atoms with E-state index >= 15 is 0 Å². The summed E-state index contributed by atoms with van der Waals surface area (Å²) in [6.07, 6.45) is 7.29. The van der Waals surface area contributed by atoms with Crippen molar-refractivity contribution >= 4 is 11.6 Å². The van der Waals surface area contributed by atoms with Gasteiger partial charge in [0.2, 0.25) is 0 Å². The van der Waals surface area contributed by atoms with E-state index in [1.54, 1.807) is 6.07 Å². The lowest BCUT2D eigenvalue weighted by molar-refractivity contribution is -0.0142. The van der Waals surface area contributed by atoms with Gasteiger partial charge in [0.15, 0.2) is 0 Å². The first-order valence-electron chi connectivity index (χ1n) is 7.90. The Balaban J connectivity index is 1.43. The van der Waals surface area contributed by atoms with E-state index in [9.17, 15) is 5.11 Å². The number of benzene rings is 1. The second-order valence-corrected chi connectivity index (χ2v) is 7.53. The summed E-state index contributed by atoms with van der Waals surface area (Å²) in [5, 5.41) is 13.7. The van der Waals surface area contributed by atoms with Crippen molar-refractivity contribution in [2.24, 2.45) is 23.7 Å². The van der Waals surface area contributed by atoms with Crippen LogP contribution in [0.15, 0.2) is 18.2 Å². The Morgan fingerprint density at radius 1 is 1.05 bits per heavy atom. The quantitative estimate of drug-likeness (QED) is 0.883. The van der Waals surface area contributed by atoms with Gasteiger partial charge in [-0.2, -0.15) is 0 Å². The van der Waals surface area contributed by atoms with Crippen LogP contribution in [0.2, 0.25) is 5.02 Å². The number of hydrogen-bond acceptors (Lipinski definition) is 2. The van der Waals surface area contributed by atoms with Crippen LogP contribution in [0.3, 0.4) is 0 Å². The molecule has 0 unspecified atom stereocenters. The van der Waals surface area contributed by atoms with E-state index in [-0.39, 0.29) is 5.75 Å². The summed E-state index contributed by atoms with van der Waals surface area (Å²) in [5.74, 6) is 4.03. The van der Waals surface area contributed by atoms with Crippen molar-refractivity contribution < 1.29 is 5.11 Å². The Bertz CT molecular complexity index is 488. The summed E-state index contributed by atoms with van der Waals surface area (Å²) in [7, 11) is 0. The molecule has 2 nitrogen and oxygen atoms in total. The minimum Gasteiger partial charge on any atom is -0.506 e. The number of nitrogens with one attached hydrogen (secondary N) is 1. The van der Waals surface area contributed by atoms with Gasteiger partial charge in [-0.1, -0.05) is 17.7 Å². The highest BCUT2D eigenvalue weighted by Crippen LogP contribution is 2.53. The van der Waals surface area contributed by atoms with Crippen molar-refractivity contribution in [3.05, 3.63) is 28.8 Å². The standard InChI is InChI=1S/C17H22ClNO/c18-15-8-10(1-2-16(15)20)9-19-17-13-4-11-3-12(6-13)7-14(17)5-11/h1-2,8,11-14,17,19-20H,3-7,9H2. The Morgan fingerprint density at radius 3 is 2.30 bits per heavy atom. The van der Waals surface area contributed by atoms with Crippen LogP contribution >= 0.6 is 11.6 Å². The number of aromatic hydroxyl groups is 1. The highest BCUT2D eigenvalue weighted by molar-refractivity contribution is 6.32. The van der Waals surface area contributed by atoms with E-state index in [1.807, 2.05) is 12.1 Å². The second kappa shape index (κ2) is 4.92. The summed E-state index contributed by atoms with van der Waals surface area (Å²) >= 11 is 5.98. The van der Waals surface area contributed by atoms with Gasteiger partial charge in [0, 0.05) is 12.6 Å². The highest BCUT2D eigenvalue weighted by atomic mass is 35.5. The van der Waals surface area contributed by atoms with E-state index < -0.39 is 0 Å². The van der Waals surface area contributed by atoms with Gasteiger partial charge >= 0.3 is 0 Å². The molecule has 0 heterocycles. The molecule has 0 aromatic heterocycles. The molecule has 20 heavy (non-hydrogen) atoms. The number of phenolic OH excluding ortho intramolecular Hbond substituents is 1. The van der Waals surface area contributed by atoms with E-state index in [2.05, 4.69) is 5.32 Å². The Hall–Kier alpha value is -0.730. The van der Waals surface area contributed by atoms with Gasteiger partial charge in [-0.25, -0.2) is 0 Å². The lowest BCUT2D eigenvalue weighted by Crippen LogP contribution is -2.54. The Morgan fingerprint density at radius 2 is 1.70 bits per heavy atom. The van der Waals surface area contributed by atoms with Gasteiger partial charge in [-0.05, 0) is 73.5 Å². The van der Waals surface area contributed by atoms with E-state index in [0.717, 1.165) is 30.2 Å². The van der Waals surface area contributed by atoms with Crippen molar-refractivity contribution in [3.63, 3.8) is 0 Å². The third-order valence-electron chi connectivity index (χ3n) is 5.78. The average Bonchev–Trinajstić information content (AvgIpc) is 2.41. The van der Waals surface area contributed by atoms with Crippen molar-refractivity contribution in [3.8, 4) is 5.75 Å². The van der Waals surface area contributed by atoms with E-state index in [1.165, 1.54) is 37.7 Å². The smallest absolute Gasteiger partial charge is 0.134 e. The molecule has 0 amide bonds. The fourth-order valence-electron chi connectivity index (χ4n) is 5.15. The zero-order chi connectivity index (χ0) is 13.7. The first-order chi connectivity index (χ1) is 9.69. The zero-order valence-electron chi connectivity index (χ0n) is 11.7. The molecule has 0 spiro atoms. The summed E-state index contributed by atoms with van der Waals surface area (Å²) in [4.78, 5) is 0. The maximum absolute atomic E-state index is 9.47. The minimum absolute atomic E-state index is 0.171. The van der Waals surface area contributed by atoms with Crippen LogP contribution in [-0.2, 0) is 6.54 Å². The molecule has 4 aliphatic rings. The summed E-state index contributed by atoms with van der Waals surface area (Å²) in [6.45, 7) is 0.868. The first kappa shape index (κ1) is 13.0. The van der Waals surface area contributed by atoms with Crippen LogP contribution in [0.1, 0.15) is 37.7 Å². The molecule has 108 valence electrons. The predicted octanol–water partition coefficient (Wildman–Crippen LogP) is 3.96. The molecule has 3 heteroatoms. The van der Waals surface area contributed by atoms with Crippen LogP contribution in [0.25, 0.3) is 0 Å². The molecular formula is C17H22ClNO. The molecule has 4 saturated carbocycles. The third-order valence-corrected chi connectivity index (χ3v) is 6.08. The van der Waals surface area contributed by atoms with Crippen LogP contribution in [0.5, 0.6) is 5.75 Å². The van der Waals surface area contributed by atoms with Crippen molar-refractivity contribution in [1.82, 2.24) is 5.32 Å². The number of rotatable bonds is 3. The van der Waals surface area contributed by atoms with Gasteiger partial charge in [0.1, 0.15) is 5.75 Å². The van der Waals surface area contributed by atoms with Crippen LogP contribution in [0.4, 0.5) is 0 Å². The lowest BCUT2D eigenvalue weighted by Gasteiger charge is -2.54. The van der Waals surface area contributed by atoms with Gasteiger partial charge in [-0.3, -0.25) is 0 Å². The fourth-order valence-corrected chi connectivity index (χ4v) is 5.36. The maximum Gasteiger partial charge on any atom is 0.134 e. The molecule has 0 radical (unpaired) electrons. The van der Waals surface area contributed by atoms with Crippen molar-refractivity contribution in [1.29, 1.82) is 0 Å². The lowest BCUT2D eigenvalue weighted by atomic mass is 9.54. The topological polar surface area (TPSA) is 32.3 Å². The number of halogens is 1. The van der Waals surface area contributed by atoms with Gasteiger partial charge < -0.3 is 10.4 Å². The third kappa shape index (κ3) is 2.23. The molecule has 0 atom stereocenters. The first-order valence-corrected chi connectivity index (χ1v) is 8.27. The SMILES string of the molecule is Oc1ccc(CNC2C3CC4CC(C3)CC2C4)cc1Cl. The second-order valence-electron chi connectivity index (χ2n) is 7.12. The van der Waals surface area contributed by atoms with E-state index in [0.29, 0.717) is 11.1 Å². The summed E-state index contributed by atoms with van der Waals surface area (Å²) in [5.41, 5.74) is 1.17. The molecule has 1 aromatic carbocycles. The van der Waals surface area contributed by atoms with E-state index in [4.69, 9.17) is 11.6 Å². The van der Waals surface area contributed by atoms with Crippen LogP contribution < -0.4 is 5.32 Å².